The number of benzene rings is 2. The number of amides is 2. The molecule has 236 valence electrons. The molecule has 2 amide bonds. The standard InChI is InChI=1S/C33H38BrNO9/c1-22(32(38)35-26(20-42-33(35)39)16-24-10-5-3-6-11-24)31(43-23(2)37)30-17-28(34)29(44-30)14-9-15-40-21-27(18-36)41-19-25-12-7-4-8-13-25/h3-8,10-13,17,22,26-27,31,36H,9,14-16,18-21H2,1-2H3/t22-,26-,27-,31-/m1/s1. The third kappa shape index (κ3) is 9.25. The molecule has 11 heteroatoms. The number of ether oxygens (including phenoxy) is 4. The highest BCUT2D eigenvalue weighted by Crippen LogP contribution is 2.35. The van der Waals surface area contributed by atoms with E-state index in [0.717, 1.165) is 16.0 Å². The highest BCUT2D eigenvalue weighted by Gasteiger charge is 2.43. The van der Waals surface area contributed by atoms with Gasteiger partial charge in [-0.25, -0.2) is 9.69 Å². The summed E-state index contributed by atoms with van der Waals surface area (Å²) in [5.74, 6) is -1.15. The highest BCUT2D eigenvalue weighted by molar-refractivity contribution is 9.10. The lowest BCUT2D eigenvalue weighted by Gasteiger charge is -2.27. The second-order valence-corrected chi connectivity index (χ2v) is 11.5. The molecule has 4 atom stereocenters. The van der Waals surface area contributed by atoms with E-state index >= 15 is 0 Å². The first kappa shape index (κ1) is 33.4. The maximum absolute atomic E-state index is 13.6. The molecule has 1 aliphatic heterocycles. The Morgan fingerprint density at radius 3 is 2.43 bits per heavy atom. The van der Waals surface area contributed by atoms with Gasteiger partial charge in [0.15, 0.2) is 6.10 Å². The SMILES string of the molecule is CC(=O)O[C@@H](c1cc(Br)c(CCCOC[C@@H](CO)OCc2ccccc2)o1)[C@@H](C)C(=O)N1C(=O)OC[C@H]1Cc1ccccc1. The average molecular weight is 673 g/mol. The molecular weight excluding hydrogens is 634 g/mol. The number of imide groups is 1. The zero-order chi connectivity index (χ0) is 31.5. The van der Waals surface area contributed by atoms with Gasteiger partial charge in [-0.15, -0.1) is 0 Å². The maximum atomic E-state index is 13.6. The quantitative estimate of drug-likeness (QED) is 0.157. The van der Waals surface area contributed by atoms with Crippen LogP contribution < -0.4 is 0 Å². The molecule has 4 rings (SSSR count). The molecule has 0 aliphatic carbocycles. The Bertz CT molecular complexity index is 1360. The molecule has 44 heavy (non-hydrogen) atoms. The fourth-order valence-electron chi connectivity index (χ4n) is 4.93. The first-order valence-electron chi connectivity index (χ1n) is 14.6. The maximum Gasteiger partial charge on any atom is 0.416 e. The summed E-state index contributed by atoms with van der Waals surface area (Å²) in [7, 11) is 0. The van der Waals surface area contributed by atoms with E-state index in [0.29, 0.717) is 42.7 Å². The van der Waals surface area contributed by atoms with E-state index in [-0.39, 0.29) is 25.6 Å². The van der Waals surface area contributed by atoms with Crippen molar-refractivity contribution in [1.29, 1.82) is 0 Å². The summed E-state index contributed by atoms with van der Waals surface area (Å²) in [6.07, 6.45) is -0.669. The van der Waals surface area contributed by atoms with E-state index in [4.69, 9.17) is 23.4 Å². The minimum absolute atomic E-state index is 0.0845. The Morgan fingerprint density at radius 1 is 1.09 bits per heavy atom. The van der Waals surface area contributed by atoms with Crippen LogP contribution in [0.25, 0.3) is 0 Å². The van der Waals surface area contributed by atoms with E-state index in [1.165, 1.54) is 6.92 Å². The molecule has 3 aromatic rings. The molecule has 1 fully saturated rings. The number of aliphatic hydroxyl groups excluding tert-OH is 1. The summed E-state index contributed by atoms with van der Waals surface area (Å²) >= 11 is 3.51. The molecule has 2 heterocycles. The molecule has 0 radical (unpaired) electrons. The zero-order valence-electron chi connectivity index (χ0n) is 24.9. The van der Waals surface area contributed by atoms with Gasteiger partial charge in [-0.05, 0) is 52.9 Å². The van der Waals surface area contributed by atoms with Gasteiger partial charge in [0.1, 0.15) is 24.2 Å². The fourth-order valence-corrected chi connectivity index (χ4v) is 5.43. The van der Waals surface area contributed by atoms with Crippen molar-refractivity contribution in [3.05, 3.63) is 93.9 Å². The van der Waals surface area contributed by atoms with Crippen LogP contribution in [-0.2, 0) is 48.0 Å². The normalized spacial score (nSPS) is 16.8. The summed E-state index contributed by atoms with van der Waals surface area (Å²) < 4.78 is 29.0. The Hall–Kier alpha value is -3.51. The lowest BCUT2D eigenvalue weighted by molar-refractivity contribution is -0.154. The third-order valence-electron chi connectivity index (χ3n) is 7.23. The van der Waals surface area contributed by atoms with Gasteiger partial charge < -0.3 is 28.5 Å². The van der Waals surface area contributed by atoms with Gasteiger partial charge in [-0.3, -0.25) is 9.59 Å². The largest absolute Gasteiger partial charge is 0.461 e. The van der Waals surface area contributed by atoms with Crippen molar-refractivity contribution >= 4 is 33.9 Å². The number of nitrogens with zero attached hydrogens (tertiary/aromatic N) is 1. The first-order chi connectivity index (χ1) is 21.3. The Kier molecular flexibility index (Phi) is 12.5. The van der Waals surface area contributed by atoms with E-state index < -0.39 is 42.1 Å². The van der Waals surface area contributed by atoms with Crippen molar-refractivity contribution in [2.45, 2.75) is 58.0 Å². The summed E-state index contributed by atoms with van der Waals surface area (Å²) in [5.41, 5.74) is 1.98. The van der Waals surface area contributed by atoms with Gasteiger partial charge in [0.25, 0.3) is 0 Å². The molecule has 0 spiro atoms. The summed E-state index contributed by atoms with van der Waals surface area (Å²) in [6, 6.07) is 20.4. The Balaban J connectivity index is 1.33. The van der Waals surface area contributed by atoms with Gasteiger partial charge in [0.05, 0.1) is 36.3 Å². The minimum Gasteiger partial charge on any atom is -0.461 e. The number of furan rings is 1. The number of aryl methyl sites for hydroxylation is 1. The molecular formula is C33H38BrNO9. The minimum atomic E-state index is -1.06. The van der Waals surface area contributed by atoms with Crippen LogP contribution in [0.4, 0.5) is 4.79 Å². The fraction of sp³-hybridized carbons (Fsp3) is 0.424. The van der Waals surface area contributed by atoms with Gasteiger partial charge >= 0.3 is 12.1 Å². The van der Waals surface area contributed by atoms with Crippen molar-refractivity contribution in [3.8, 4) is 0 Å². The number of hydrogen-bond acceptors (Lipinski definition) is 9. The molecule has 0 saturated carbocycles. The Labute approximate surface area is 265 Å². The van der Waals surface area contributed by atoms with Crippen LogP contribution in [0.3, 0.4) is 0 Å². The third-order valence-corrected chi connectivity index (χ3v) is 7.91. The molecule has 2 aromatic carbocycles. The van der Waals surface area contributed by atoms with Crippen LogP contribution in [-0.4, -0.2) is 66.5 Å². The van der Waals surface area contributed by atoms with E-state index in [1.807, 2.05) is 60.7 Å². The lowest BCUT2D eigenvalue weighted by atomic mass is 9.98. The van der Waals surface area contributed by atoms with Gasteiger partial charge in [0.2, 0.25) is 5.91 Å². The lowest BCUT2D eigenvalue weighted by Crippen LogP contribution is -2.44. The molecule has 1 saturated heterocycles. The molecule has 1 N–H and O–H groups in total. The smallest absolute Gasteiger partial charge is 0.416 e. The van der Waals surface area contributed by atoms with Gasteiger partial charge in [-0.2, -0.15) is 0 Å². The van der Waals surface area contributed by atoms with Crippen molar-refractivity contribution in [3.63, 3.8) is 0 Å². The van der Waals surface area contributed by atoms with E-state index in [1.54, 1.807) is 13.0 Å². The number of halogens is 1. The summed E-state index contributed by atoms with van der Waals surface area (Å²) in [4.78, 5) is 39.4. The Morgan fingerprint density at radius 2 is 1.77 bits per heavy atom. The molecule has 0 bridgehead atoms. The van der Waals surface area contributed by atoms with Crippen molar-refractivity contribution in [1.82, 2.24) is 4.90 Å². The topological polar surface area (TPSA) is 125 Å². The second kappa shape index (κ2) is 16.5. The monoisotopic (exact) mass is 671 g/mol. The number of carbonyl (C=O) groups excluding carboxylic acids is 3. The highest BCUT2D eigenvalue weighted by atomic mass is 79.9. The number of rotatable bonds is 16. The van der Waals surface area contributed by atoms with E-state index in [2.05, 4.69) is 15.9 Å². The number of carbonyl (C=O) groups is 3. The van der Waals surface area contributed by atoms with Crippen LogP contribution in [0.5, 0.6) is 0 Å². The van der Waals surface area contributed by atoms with Gasteiger partial charge in [-0.1, -0.05) is 60.7 Å². The first-order valence-corrected chi connectivity index (χ1v) is 15.4. The van der Waals surface area contributed by atoms with Crippen molar-refractivity contribution in [2.75, 3.05) is 26.4 Å². The number of aliphatic hydroxyl groups is 1. The number of cyclic esters (lactones) is 1. The van der Waals surface area contributed by atoms with Crippen LogP contribution in [0, 0.1) is 5.92 Å². The molecule has 0 unspecified atom stereocenters. The van der Waals surface area contributed by atoms with Crippen molar-refractivity contribution < 1.29 is 42.9 Å². The number of esters is 1. The van der Waals surface area contributed by atoms with Crippen LogP contribution in [0.15, 0.2) is 75.6 Å². The van der Waals surface area contributed by atoms with Crippen LogP contribution in [0.1, 0.15) is 49.0 Å². The van der Waals surface area contributed by atoms with Gasteiger partial charge in [0, 0.05) is 20.0 Å². The predicted molar refractivity (Wildman–Crippen MR) is 163 cm³/mol. The van der Waals surface area contributed by atoms with E-state index in [9.17, 15) is 19.5 Å². The van der Waals surface area contributed by atoms with Crippen molar-refractivity contribution in [2.24, 2.45) is 5.92 Å². The second-order valence-electron chi connectivity index (χ2n) is 10.6. The molecule has 1 aliphatic rings. The molecule has 10 nitrogen and oxygen atoms in total. The summed E-state index contributed by atoms with van der Waals surface area (Å²) in [5, 5.41) is 9.63. The summed E-state index contributed by atoms with van der Waals surface area (Å²) in [6.45, 7) is 3.81. The van der Waals surface area contributed by atoms with Crippen LogP contribution in [0.2, 0.25) is 0 Å². The average Bonchev–Trinajstić information content (AvgIpc) is 3.58. The zero-order valence-corrected chi connectivity index (χ0v) is 26.4. The molecule has 1 aromatic heterocycles. The number of hydrogen-bond donors (Lipinski definition) is 1. The predicted octanol–water partition coefficient (Wildman–Crippen LogP) is 5.40. The van der Waals surface area contributed by atoms with Crippen LogP contribution >= 0.6 is 15.9 Å².